The van der Waals surface area contributed by atoms with Gasteiger partial charge in [-0.05, 0) is 13.0 Å². The fourth-order valence-electron chi connectivity index (χ4n) is 1.63. The van der Waals surface area contributed by atoms with E-state index in [0.717, 1.165) is 0 Å². The molecular formula is C12H15N5O3. The van der Waals surface area contributed by atoms with Gasteiger partial charge in [-0.2, -0.15) is 4.98 Å². The van der Waals surface area contributed by atoms with Crippen LogP contribution >= 0.6 is 0 Å². The number of aromatic nitrogens is 3. The fourth-order valence-corrected chi connectivity index (χ4v) is 1.63. The lowest BCUT2D eigenvalue weighted by Gasteiger charge is -2.06. The molecule has 8 heteroatoms. The summed E-state index contributed by atoms with van der Waals surface area (Å²) in [4.78, 5) is 27.2. The molecule has 2 aromatic heterocycles. The minimum atomic E-state index is -0.283. The Hall–Kier alpha value is -2.64. The Morgan fingerprint density at radius 3 is 3.00 bits per heavy atom. The van der Waals surface area contributed by atoms with Gasteiger partial charge in [-0.25, -0.2) is 0 Å². The van der Waals surface area contributed by atoms with Gasteiger partial charge in [0.05, 0.1) is 0 Å². The zero-order valence-corrected chi connectivity index (χ0v) is 11.0. The Kier molecular flexibility index (Phi) is 4.14. The predicted octanol–water partition coefficient (Wildman–Crippen LogP) is -0.519. The lowest BCUT2D eigenvalue weighted by molar-refractivity contribution is -0.121. The van der Waals surface area contributed by atoms with Crippen molar-refractivity contribution in [2.24, 2.45) is 0 Å². The third-order valence-corrected chi connectivity index (χ3v) is 2.55. The minimum Gasteiger partial charge on any atom is -0.398 e. The third-order valence-electron chi connectivity index (χ3n) is 2.55. The molecule has 0 spiro atoms. The number of nitrogens with two attached hydrogens (primary N) is 1. The molecule has 8 nitrogen and oxygen atoms in total. The first kappa shape index (κ1) is 13.8. The molecule has 2 rings (SSSR count). The first-order valence-corrected chi connectivity index (χ1v) is 6.06. The fraction of sp³-hybridized carbons (Fsp3) is 0.333. The van der Waals surface area contributed by atoms with Gasteiger partial charge < -0.3 is 20.1 Å². The van der Waals surface area contributed by atoms with Crippen LogP contribution in [0.1, 0.15) is 11.7 Å². The summed E-state index contributed by atoms with van der Waals surface area (Å²) in [5.41, 5.74) is 5.72. The highest BCUT2D eigenvalue weighted by atomic mass is 16.5. The van der Waals surface area contributed by atoms with Gasteiger partial charge in [0.2, 0.25) is 11.8 Å². The Balaban J connectivity index is 1.83. The SMILES string of the molecule is Cc1noc(CCNC(=O)Cn2cc(N)ccc2=O)n1. The number of hydrogen-bond donors (Lipinski definition) is 2. The van der Waals surface area contributed by atoms with Crippen LogP contribution in [0.15, 0.2) is 27.6 Å². The van der Waals surface area contributed by atoms with Crippen molar-refractivity contribution in [3.05, 3.63) is 40.4 Å². The summed E-state index contributed by atoms with van der Waals surface area (Å²) < 4.78 is 6.17. The number of anilines is 1. The van der Waals surface area contributed by atoms with Crippen LogP contribution in [0.25, 0.3) is 0 Å². The quantitative estimate of drug-likeness (QED) is 0.759. The summed E-state index contributed by atoms with van der Waals surface area (Å²) in [5.74, 6) is 0.732. The molecule has 0 aliphatic carbocycles. The minimum absolute atomic E-state index is 0.0767. The number of nitrogen functional groups attached to an aromatic ring is 1. The number of nitrogens with zero attached hydrogens (tertiary/aromatic N) is 3. The number of hydrogen-bond acceptors (Lipinski definition) is 6. The third kappa shape index (κ3) is 3.67. The van der Waals surface area contributed by atoms with Crippen LogP contribution in [0.3, 0.4) is 0 Å². The van der Waals surface area contributed by atoms with Gasteiger partial charge in [0, 0.05) is 30.9 Å². The number of pyridine rings is 1. The molecule has 0 aliphatic heterocycles. The van der Waals surface area contributed by atoms with Crippen molar-refractivity contribution >= 4 is 11.6 Å². The van der Waals surface area contributed by atoms with Crippen LogP contribution < -0.4 is 16.6 Å². The smallest absolute Gasteiger partial charge is 0.251 e. The standard InChI is InChI=1S/C12H15N5O3/c1-8-15-11(20-16-8)4-5-14-10(18)7-17-6-9(13)2-3-12(17)19/h2-3,6H,4-5,7,13H2,1H3,(H,14,18). The largest absolute Gasteiger partial charge is 0.398 e. The van der Waals surface area contributed by atoms with E-state index in [-0.39, 0.29) is 18.0 Å². The van der Waals surface area contributed by atoms with Gasteiger partial charge in [0.25, 0.3) is 5.56 Å². The van der Waals surface area contributed by atoms with Gasteiger partial charge in [-0.3, -0.25) is 9.59 Å². The van der Waals surface area contributed by atoms with E-state index >= 15 is 0 Å². The van der Waals surface area contributed by atoms with E-state index in [1.54, 1.807) is 6.92 Å². The summed E-state index contributed by atoms with van der Waals surface area (Å²) in [6.45, 7) is 2.00. The Bertz CT molecular complexity index is 661. The number of nitrogens with one attached hydrogen (secondary N) is 1. The van der Waals surface area contributed by atoms with E-state index in [1.165, 1.54) is 22.9 Å². The summed E-state index contributed by atoms with van der Waals surface area (Å²) >= 11 is 0. The summed E-state index contributed by atoms with van der Waals surface area (Å²) in [5, 5.41) is 6.31. The van der Waals surface area contributed by atoms with Crippen LogP contribution in [0.4, 0.5) is 5.69 Å². The van der Waals surface area contributed by atoms with Crippen LogP contribution in [-0.2, 0) is 17.8 Å². The predicted molar refractivity (Wildman–Crippen MR) is 70.9 cm³/mol. The van der Waals surface area contributed by atoms with Crippen molar-refractivity contribution < 1.29 is 9.32 Å². The summed E-state index contributed by atoms with van der Waals surface area (Å²) in [7, 11) is 0. The number of amides is 1. The molecular weight excluding hydrogens is 262 g/mol. The molecule has 0 saturated carbocycles. The van der Waals surface area contributed by atoms with Crippen LogP contribution in [0, 0.1) is 6.92 Å². The molecule has 0 aromatic carbocycles. The van der Waals surface area contributed by atoms with Gasteiger partial charge >= 0.3 is 0 Å². The molecule has 0 unspecified atom stereocenters. The maximum absolute atomic E-state index is 11.7. The van der Waals surface area contributed by atoms with Gasteiger partial charge in [0.1, 0.15) is 6.54 Å². The van der Waals surface area contributed by atoms with Crippen molar-refractivity contribution in [2.75, 3.05) is 12.3 Å². The molecule has 0 fully saturated rings. The monoisotopic (exact) mass is 277 g/mol. The van der Waals surface area contributed by atoms with E-state index < -0.39 is 0 Å². The average molecular weight is 277 g/mol. The highest BCUT2D eigenvalue weighted by molar-refractivity contribution is 5.75. The molecule has 1 amide bonds. The molecule has 2 heterocycles. The van der Waals surface area contributed by atoms with Crippen molar-refractivity contribution in [2.45, 2.75) is 19.9 Å². The van der Waals surface area contributed by atoms with Gasteiger partial charge in [0.15, 0.2) is 5.82 Å². The summed E-state index contributed by atoms with van der Waals surface area (Å²) in [6.07, 6.45) is 1.88. The van der Waals surface area contributed by atoms with Crippen LogP contribution in [-0.4, -0.2) is 27.2 Å². The lowest BCUT2D eigenvalue weighted by atomic mass is 10.4. The number of rotatable bonds is 5. The Labute approximate surface area is 114 Å². The topological polar surface area (TPSA) is 116 Å². The zero-order chi connectivity index (χ0) is 14.5. The van der Waals surface area contributed by atoms with Gasteiger partial charge in [-0.1, -0.05) is 5.16 Å². The van der Waals surface area contributed by atoms with Gasteiger partial charge in [-0.15, -0.1) is 0 Å². The van der Waals surface area contributed by atoms with Crippen LogP contribution in [0.2, 0.25) is 0 Å². The van der Waals surface area contributed by atoms with Crippen LogP contribution in [0.5, 0.6) is 0 Å². The number of aryl methyl sites for hydroxylation is 1. The molecule has 0 atom stereocenters. The first-order valence-electron chi connectivity index (χ1n) is 6.06. The lowest BCUT2D eigenvalue weighted by Crippen LogP contribution is -2.33. The molecule has 0 radical (unpaired) electrons. The molecule has 106 valence electrons. The highest BCUT2D eigenvalue weighted by Crippen LogP contribution is 1.97. The zero-order valence-electron chi connectivity index (χ0n) is 11.0. The van der Waals surface area contributed by atoms with E-state index in [2.05, 4.69) is 15.5 Å². The average Bonchev–Trinajstić information content (AvgIpc) is 2.80. The summed E-state index contributed by atoms with van der Waals surface area (Å²) in [6, 6.07) is 2.82. The highest BCUT2D eigenvalue weighted by Gasteiger charge is 2.06. The van der Waals surface area contributed by atoms with E-state index in [0.29, 0.717) is 30.4 Å². The molecule has 20 heavy (non-hydrogen) atoms. The number of carbonyl (C=O) groups is 1. The molecule has 0 bridgehead atoms. The second-order valence-electron chi connectivity index (χ2n) is 4.26. The van der Waals surface area contributed by atoms with E-state index in [9.17, 15) is 9.59 Å². The normalized spacial score (nSPS) is 10.4. The molecule has 3 N–H and O–H groups in total. The Morgan fingerprint density at radius 1 is 1.50 bits per heavy atom. The van der Waals surface area contributed by atoms with Crippen molar-refractivity contribution in [3.63, 3.8) is 0 Å². The first-order chi connectivity index (χ1) is 9.54. The second kappa shape index (κ2) is 6.00. The van der Waals surface area contributed by atoms with Crippen molar-refractivity contribution in [1.29, 1.82) is 0 Å². The maximum Gasteiger partial charge on any atom is 0.251 e. The maximum atomic E-state index is 11.7. The van der Waals surface area contributed by atoms with E-state index in [4.69, 9.17) is 10.3 Å². The van der Waals surface area contributed by atoms with Crippen molar-refractivity contribution in [1.82, 2.24) is 20.0 Å². The second-order valence-corrected chi connectivity index (χ2v) is 4.26. The molecule has 0 aliphatic rings. The number of carbonyl (C=O) groups excluding carboxylic acids is 1. The van der Waals surface area contributed by atoms with Crippen molar-refractivity contribution in [3.8, 4) is 0 Å². The molecule has 2 aromatic rings. The Morgan fingerprint density at radius 2 is 2.30 bits per heavy atom. The van der Waals surface area contributed by atoms with E-state index in [1.807, 2.05) is 0 Å². The molecule has 0 saturated heterocycles.